The van der Waals surface area contributed by atoms with Gasteiger partial charge in [0, 0.05) is 18.7 Å². The van der Waals surface area contributed by atoms with E-state index in [-0.39, 0.29) is 18.9 Å². The van der Waals surface area contributed by atoms with Gasteiger partial charge in [0.1, 0.15) is 0 Å². The van der Waals surface area contributed by atoms with Crippen molar-refractivity contribution in [1.82, 2.24) is 4.72 Å². The Balaban J connectivity index is 2.22. The zero-order valence-electron chi connectivity index (χ0n) is 11.5. The first-order chi connectivity index (χ1) is 9.76. The Labute approximate surface area is 122 Å². The summed E-state index contributed by atoms with van der Waals surface area (Å²) in [4.78, 5) is 12.8. The summed E-state index contributed by atoms with van der Waals surface area (Å²) in [7, 11) is -2.23. The average Bonchev–Trinajstić information content (AvgIpc) is 2.38. The van der Waals surface area contributed by atoms with Crippen LogP contribution >= 0.6 is 0 Å². The summed E-state index contributed by atoms with van der Waals surface area (Å²) in [6.07, 6.45) is -1.94. The normalized spacial score (nSPS) is 15.4. The molecule has 0 saturated carbocycles. The van der Waals surface area contributed by atoms with Gasteiger partial charge < -0.3 is 4.90 Å². The number of alkyl halides is 2. The minimum atomic E-state index is -3.29. The number of rotatable bonds is 5. The fourth-order valence-electron chi connectivity index (χ4n) is 2.28. The highest BCUT2D eigenvalue weighted by molar-refractivity contribution is 8.10. The number of hydrogen-bond donors (Lipinski definition) is 1. The zero-order chi connectivity index (χ0) is 15.6. The monoisotopic (exact) mass is 316 g/mol. The molecule has 0 radical (unpaired) electrons. The summed E-state index contributed by atoms with van der Waals surface area (Å²) in [6.45, 7) is -0.484. The van der Waals surface area contributed by atoms with Crippen molar-refractivity contribution in [2.24, 2.45) is 0 Å². The lowest BCUT2D eigenvalue weighted by atomic mass is 9.98. The first-order valence-electron chi connectivity index (χ1n) is 6.41. The fraction of sp³-hybridized carbons (Fsp3) is 0.417. The second-order valence-corrected chi connectivity index (χ2v) is 6.78. The molecule has 1 aliphatic rings. The largest absolute Gasteiger partial charge is 0.306 e. The number of amides is 1. The summed E-state index contributed by atoms with van der Waals surface area (Å²) in [5.41, 5.74) is 1.99. The maximum absolute atomic E-state index is 12.5. The van der Waals surface area contributed by atoms with E-state index in [9.17, 15) is 22.0 Å². The van der Waals surface area contributed by atoms with Gasteiger partial charge in [0.25, 0.3) is 13.6 Å². The van der Waals surface area contributed by atoms with Gasteiger partial charge in [-0.25, -0.2) is 21.9 Å². The lowest BCUT2D eigenvalue weighted by Crippen LogP contribution is -2.38. The average molecular weight is 316 g/mol. The molecule has 0 bridgehead atoms. The number of fused-ring (bicyclic) bond motifs is 1. The summed E-state index contributed by atoms with van der Waals surface area (Å²) in [6, 6.07) is 4.97. The molecular formula is C12H15BF2N2O3S. The Morgan fingerprint density at radius 2 is 2.05 bits per heavy atom. The van der Waals surface area contributed by atoms with E-state index < -0.39 is 22.8 Å². The number of halogens is 2. The Morgan fingerprint density at radius 3 is 2.67 bits per heavy atom. The van der Waals surface area contributed by atoms with E-state index >= 15 is 0 Å². The van der Waals surface area contributed by atoms with Crippen molar-refractivity contribution in [3.05, 3.63) is 29.3 Å². The number of hydrogen-bond acceptors (Lipinski definition) is 3. The number of benzene rings is 1. The molecular weight excluding hydrogens is 301 g/mol. The molecule has 0 unspecified atom stereocenters. The van der Waals surface area contributed by atoms with Gasteiger partial charge in [-0.15, -0.1) is 0 Å². The van der Waals surface area contributed by atoms with Crippen molar-refractivity contribution < 1.29 is 22.0 Å². The van der Waals surface area contributed by atoms with Crippen LogP contribution in [0.15, 0.2) is 18.2 Å². The van der Waals surface area contributed by atoms with E-state index in [1.54, 1.807) is 18.2 Å². The summed E-state index contributed by atoms with van der Waals surface area (Å²) in [5, 5.41) is 0. The van der Waals surface area contributed by atoms with E-state index in [2.05, 4.69) is 4.72 Å². The fourth-order valence-corrected chi connectivity index (χ4v) is 2.70. The van der Waals surface area contributed by atoms with E-state index in [0.717, 1.165) is 23.2 Å². The van der Waals surface area contributed by atoms with Crippen LogP contribution in [0.5, 0.6) is 0 Å². The number of anilines is 1. The van der Waals surface area contributed by atoms with Gasteiger partial charge in [-0.3, -0.25) is 4.79 Å². The molecule has 0 aliphatic carbocycles. The van der Waals surface area contributed by atoms with Gasteiger partial charge in [-0.2, -0.15) is 0 Å². The lowest BCUT2D eigenvalue weighted by molar-refractivity contribution is -0.119. The molecule has 5 nitrogen and oxygen atoms in total. The quantitative estimate of drug-likeness (QED) is 0.789. The molecule has 0 spiro atoms. The SMILES string of the molecule is BS(=O)(=O)NCc1ccc2c(c1)CCC(=O)N2CC(F)F. The van der Waals surface area contributed by atoms with Crippen molar-refractivity contribution in [3.63, 3.8) is 0 Å². The minimum absolute atomic E-state index is 0.134. The van der Waals surface area contributed by atoms with Crippen molar-refractivity contribution in [3.8, 4) is 0 Å². The second kappa shape index (κ2) is 6.11. The maximum Gasteiger partial charge on any atom is 0.275 e. The highest BCUT2D eigenvalue weighted by Crippen LogP contribution is 2.29. The van der Waals surface area contributed by atoms with E-state index in [1.165, 1.54) is 0 Å². The van der Waals surface area contributed by atoms with Crippen LogP contribution in [0.3, 0.4) is 0 Å². The summed E-state index contributed by atoms with van der Waals surface area (Å²) >= 11 is 0. The molecule has 114 valence electrons. The molecule has 21 heavy (non-hydrogen) atoms. The number of aryl methyl sites for hydroxylation is 1. The Hall–Kier alpha value is -1.48. The Morgan fingerprint density at radius 1 is 1.33 bits per heavy atom. The van der Waals surface area contributed by atoms with Gasteiger partial charge in [0.15, 0.2) is 9.87 Å². The molecule has 1 aromatic carbocycles. The van der Waals surface area contributed by atoms with Crippen LogP contribution < -0.4 is 9.62 Å². The van der Waals surface area contributed by atoms with Crippen molar-refractivity contribution >= 4 is 28.6 Å². The predicted octanol–water partition coefficient (Wildman–Crippen LogP) is 0.198. The van der Waals surface area contributed by atoms with Crippen LogP contribution in [0, 0.1) is 0 Å². The molecule has 0 fully saturated rings. The van der Waals surface area contributed by atoms with E-state index in [1.807, 2.05) is 0 Å². The highest BCUT2D eigenvalue weighted by Gasteiger charge is 2.26. The van der Waals surface area contributed by atoms with Gasteiger partial charge in [0.2, 0.25) is 5.91 Å². The third kappa shape index (κ3) is 4.24. The Bertz CT molecular complexity index is 652. The molecule has 0 saturated heterocycles. The number of nitrogens with zero attached hydrogens (tertiary/aromatic N) is 1. The molecule has 2 rings (SSSR count). The van der Waals surface area contributed by atoms with Crippen molar-refractivity contribution in [1.29, 1.82) is 0 Å². The smallest absolute Gasteiger partial charge is 0.275 e. The van der Waals surface area contributed by atoms with Gasteiger partial charge in [-0.05, 0) is 23.6 Å². The minimum Gasteiger partial charge on any atom is -0.306 e. The van der Waals surface area contributed by atoms with Gasteiger partial charge >= 0.3 is 0 Å². The number of nitrogens with one attached hydrogen (secondary N) is 1. The van der Waals surface area contributed by atoms with Gasteiger partial charge in [-0.1, -0.05) is 12.1 Å². The number of carbonyl (C=O) groups is 1. The predicted molar refractivity (Wildman–Crippen MR) is 77.4 cm³/mol. The molecule has 9 heteroatoms. The van der Waals surface area contributed by atoms with Crippen LogP contribution in [-0.4, -0.2) is 34.4 Å². The Kier molecular flexibility index (Phi) is 4.62. The topological polar surface area (TPSA) is 66.5 Å². The lowest BCUT2D eigenvalue weighted by Gasteiger charge is -2.29. The molecule has 0 aromatic heterocycles. The third-order valence-electron chi connectivity index (χ3n) is 3.20. The first kappa shape index (κ1) is 15.9. The molecule has 1 aromatic rings. The number of carbonyl (C=O) groups excluding carboxylic acids is 1. The maximum atomic E-state index is 12.5. The van der Waals surface area contributed by atoms with E-state index in [4.69, 9.17) is 0 Å². The first-order valence-corrected chi connectivity index (χ1v) is 8.30. The molecule has 1 heterocycles. The van der Waals surface area contributed by atoms with Crippen LogP contribution in [0.1, 0.15) is 17.5 Å². The molecule has 0 atom stereocenters. The second-order valence-electron chi connectivity index (χ2n) is 4.95. The summed E-state index contributed by atoms with van der Waals surface area (Å²) < 4.78 is 49.6. The molecule has 1 aliphatic heterocycles. The van der Waals surface area contributed by atoms with Gasteiger partial charge in [0.05, 0.1) is 6.54 Å². The van der Waals surface area contributed by atoms with Crippen molar-refractivity contribution in [2.75, 3.05) is 11.4 Å². The molecule has 1 N–H and O–H groups in total. The standard InChI is InChI=1S/C12H15BF2N2O3S/c13-21(19,20)16-6-8-1-3-10-9(5-8)2-4-12(18)17(10)7-11(14)15/h1,3,5,11,16H,2,4,6-7,13H2. The van der Waals surface area contributed by atoms with Crippen LogP contribution in [0.2, 0.25) is 0 Å². The zero-order valence-corrected chi connectivity index (χ0v) is 12.3. The van der Waals surface area contributed by atoms with Crippen molar-refractivity contribution in [2.45, 2.75) is 25.8 Å². The summed E-state index contributed by atoms with van der Waals surface area (Å²) in [5.74, 6) is -0.315. The molecule has 1 amide bonds. The van der Waals surface area contributed by atoms with Crippen LogP contribution in [-0.2, 0) is 27.6 Å². The third-order valence-corrected chi connectivity index (χ3v) is 3.87. The van der Waals surface area contributed by atoms with Crippen LogP contribution in [0.25, 0.3) is 0 Å². The van der Waals surface area contributed by atoms with E-state index in [0.29, 0.717) is 12.1 Å². The highest BCUT2D eigenvalue weighted by atomic mass is 32.2. The van der Waals surface area contributed by atoms with Crippen LogP contribution in [0.4, 0.5) is 14.5 Å².